The predicted octanol–water partition coefficient (Wildman–Crippen LogP) is 3.92. The number of rotatable bonds is 6. The minimum Gasteiger partial charge on any atom is -0.480 e. The number of furan rings is 1. The highest BCUT2D eigenvalue weighted by molar-refractivity contribution is 8.26. The summed E-state index contributed by atoms with van der Waals surface area (Å²) < 4.78 is 5.85. The molecule has 1 fully saturated rings. The van der Waals surface area contributed by atoms with Crippen molar-refractivity contribution in [2.24, 2.45) is 0 Å². The number of hydrogen-bond acceptors (Lipinski definition) is 7. The molecule has 0 spiro atoms. The molecule has 1 amide bonds. The van der Waals surface area contributed by atoms with Gasteiger partial charge in [0.15, 0.2) is 0 Å². The molecule has 0 aliphatic carbocycles. The van der Waals surface area contributed by atoms with Crippen LogP contribution < -0.4 is 0 Å². The summed E-state index contributed by atoms with van der Waals surface area (Å²) in [6.07, 6.45) is 1.71. The lowest BCUT2D eigenvalue weighted by atomic mass is 10.1. The molecule has 1 aromatic heterocycles. The topological polar surface area (TPSA) is 114 Å². The van der Waals surface area contributed by atoms with Crippen molar-refractivity contribution in [3.8, 4) is 11.3 Å². The van der Waals surface area contributed by atoms with E-state index >= 15 is 0 Å². The number of thiocarbonyl (C=S) groups is 1. The SMILES string of the molecule is CCC(C(=O)O)N1C(=O)C(=Cc2ccc(-c3cccc([N+](=O)[O-])c3)o2)SC1=S. The zero-order valence-electron chi connectivity index (χ0n) is 14.5. The van der Waals surface area contributed by atoms with Crippen molar-refractivity contribution in [1.29, 1.82) is 0 Å². The molecular formula is C18H14N2O6S2. The van der Waals surface area contributed by atoms with Crippen LogP contribution in [0.15, 0.2) is 45.7 Å². The van der Waals surface area contributed by atoms with E-state index in [2.05, 4.69) is 0 Å². The van der Waals surface area contributed by atoms with Crippen LogP contribution in [0.4, 0.5) is 5.69 Å². The largest absolute Gasteiger partial charge is 0.480 e. The first-order valence-corrected chi connectivity index (χ1v) is 9.38. The van der Waals surface area contributed by atoms with E-state index < -0.39 is 22.8 Å². The first-order valence-electron chi connectivity index (χ1n) is 8.16. The van der Waals surface area contributed by atoms with Crippen molar-refractivity contribution in [3.63, 3.8) is 0 Å². The Morgan fingerprint density at radius 1 is 1.43 bits per heavy atom. The second kappa shape index (κ2) is 7.95. The van der Waals surface area contributed by atoms with Gasteiger partial charge in [-0.1, -0.05) is 43.0 Å². The Balaban J connectivity index is 1.87. The van der Waals surface area contributed by atoms with Crippen LogP contribution in [-0.2, 0) is 9.59 Å². The summed E-state index contributed by atoms with van der Waals surface area (Å²) in [5.41, 5.74) is 0.467. The zero-order valence-corrected chi connectivity index (χ0v) is 16.2. The molecule has 2 heterocycles. The van der Waals surface area contributed by atoms with E-state index in [0.717, 1.165) is 16.7 Å². The van der Waals surface area contributed by atoms with Crippen LogP contribution >= 0.6 is 24.0 Å². The van der Waals surface area contributed by atoms with Gasteiger partial charge < -0.3 is 9.52 Å². The van der Waals surface area contributed by atoms with Crippen LogP contribution in [0, 0.1) is 10.1 Å². The van der Waals surface area contributed by atoms with Gasteiger partial charge in [0.1, 0.15) is 21.9 Å². The Bertz CT molecular complexity index is 1010. The van der Waals surface area contributed by atoms with E-state index in [1.807, 2.05) is 0 Å². The Morgan fingerprint density at radius 3 is 2.82 bits per heavy atom. The maximum Gasteiger partial charge on any atom is 0.326 e. The van der Waals surface area contributed by atoms with Crippen molar-refractivity contribution in [1.82, 2.24) is 4.90 Å². The van der Waals surface area contributed by atoms with Gasteiger partial charge in [-0.15, -0.1) is 0 Å². The number of carboxylic acid groups (broad SMARTS) is 1. The molecule has 1 aromatic carbocycles. The lowest BCUT2D eigenvalue weighted by Gasteiger charge is -2.21. The number of nitro groups is 1. The van der Waals surface area contributed by atoms with Gasteiger partial charge in [0.05, 0.1) is 9.83 Å². The first-order chi connectivity index (χ1) is 13.3. The molecule has 3 rings (SSSR count). The zero-order chi connectivity index (χ0) is 20.4. The summed E-state index contributed by atoms with van der Waals surface area (Å²) in [6.45, 7) is 1.67. The van der Waals surface area contributed by atoms with Gasteiger partial charge in [0.25, 0.3) is 11.6 Å². The first kappa shape index (κ1) is 19.8. The minimum absolute atomic E-state index is 0.0596. The number of thioether (sulfide) groups is 1. The van der Waals surface area contributed by atoms with Gasteiger partial charge in [0.2, 0.25) is 0 Å². The molecule has 1 saturated heterocycles. The fourth-order valence-corrected chi connectivity index (χ4v) is 4.04. The normalized spacial score (nSPS) is 16.6. The van der Waals surface area contributed by atoms with Gasteiger partial charge >= 0.3 is 5.97 Å². The number of nitro benzene ring substituents is 1. The maximum absolute atomic E-state index is 12.6. The van der Waals surface area contributed by atoms with Crippen LogP contribution in [0.5, 0.6) is 0 Å². The third kappa shape index (κ3) is 3.82. The Morgan fingerprint density at radius 2 is 2.18 bits per heavy atom. The maximum atomic E-state index is 12.6. The van der Waals surface area contributed by atoms with Crippen molar-refractivity contribution < 1.29 is 24.0 Å². The molecule has 144 valence electrons. The summed E-state index contributed by atoms with van der Waals surface area (Å²) in [5.74, 6) is -0.851. The minimum atomic E-state index is -1.12. The predicted molar refractivity (Wildman–Crippen MR) is 108 cm³/mol. The molecule has 1 aliphatic rings. The molecule has 1 aliphatic heterocycles. The van der Waals surface area contributed by atoms with Crippen LogP contribution in [0.1, 0.15) is 19.1 Å². The summed E-state index contributed by atoms with van der Waals surface area (Å²) in [5, 5.41) is 20.2. The van der Waals surface area contributed by atoms with E-state index in [1.54, 1.807) is 31.2 Å². The molecule has 0 bridgehead atoms. The van der Waals surface area contributed by atoms with Gasteiger partial charge in [-0.25, -0.2) is 4.79 Å². The number of carbonyl (C=O) groups is 2. The van der Waals surface area contributed by atoms with Crippen molar-refractivity contribution in [2.75, 3.05) is 0 Å². The van der Waals surface area contributed by atoms with Crippen LogP contribution in [0.3, 0.4) is 0 Å². The fourth-order valence-electron chi connectivity index (χ4n) is 2.70. The molecule has 8 nitrogen and oxygen atoms in total. The highest BCUT2D eigenvalue weighted by Gasteiger charge is 2.39. The lowest BCUT2D eigenvalue weighted by molar-refractivity contribution is -0.384. The fraction of sp³-hybridized carbons (Fsp3) is 0.167. The van der Waals surface area contributed by atoms with Crippen molar-refractivity contribution >= 4 is 51.9 Å². The molecular weight excluding hydrogens is 404 g/mol. The molecule has 10 heteroatoms. The molecule has 1 unspecified atom stereocenters. The van der Waals surface area contributed by atoms with E-state index in [0.29, 0.717) is 17.1 Å². The number of aliphatic carboxylic acids is 1. The smallest absolute Gasteiger partial charge is 0.326 e. The number of carboxylic acids is 1. The molecule has 0 saturated carbocycles. The number of amides is 1. The van der Waals surface area contributed by atoms with E-state index in [-0.39, 0.29) is 21.3 Å². The number of hydrogen-bond donors (Lipinski definition) is 1. The summed E-state index contributed by atoms with van der Waals surface area (Å²) in [6, 6.07) is 8.24. The number of non-ortho nitro benzene ring substituents is 1. The average molecular weight is 418 g/mol. The number of nitrogens with zero attached hydrogens (tertiary/aromatic N) is 2. The van der Waals surface area contributed by atoms with Gasteiger partial charge in [-0.3, -0.25) is 19.8 Å². The second-order valence-electron chi connectivity index (χ2n) is 5.82. The highest BCUT2D eigenvalue weighted by Crippen LogP contribution is 2.35. The third-order valence-corrected chi connectivity index (χ3v) is 5.38. The summed E-state index contributed by atoms with van der Waals surface area (Å²) >= 11 is 6.17. The Labute approximate surface area is 169 Å². The summed E-state index contributed by atoms with van der Waals surface area (Å²) in [4.78, 5) is 35.7. The third-order valence-electron chi connectivity index (χ3n) is 4.05. The number of benzene rings is 1. The average Bonchev–Trinajstić information content (AvgIpc) is 3.22. The standard InChI is InChI=1S/C18H14N2O6S2/c1-2-13(17(22)23)19-16(21)15(28-18(19)27)9-12-6-7-14(26-12)10-4-3-5-11(8-10)20(24)25/h3-9,13H,2H2,1H3,(H,22,23). The van der Waals surface area contributed by atoms with Crippen molar-refractivity contribution in [3.05, 3.63) is 57.2 Å². The van der Waals surface area contributed by atoms with E-state index in [4.69, 9.17) is 16.6 Å². The molecule has 0 radical (unpaired) electrons. The Kier molecular flexibility index (Phi) is 5.61. The van der Waals surface area contributed by atoms with Gasteiger partial charge in [-0.05, 0) is 18.6 Å². The van der Waals surface area contributed by atoms with Crippen LogP contribution in [-0.4, -0.2) is 37.2 Å². The van der Waals surface area contributed by atoms with E-state index in [9.17, 15) is 24.8 Å². The number of carbonyl (C=O) groups excluding carboxylic acids is 1. The van der Waals surface area contributed by atoms with Crippen LogP contribution in [0.2, 0.25) is 0 Å². The van der Waals surface area contributed by atoms with Crippen LogP contribution in [0.25, 0.3) is 17.4 Å². The monoisotopic (exact) mass is 418 g/mol. The highest BCUT2D eigenvalue weighted by atomic mass is 32.2. The van der Waals surface area contributed by atoms with E-state index in [1.165, 1.54) is 18.2 Å². The summed E-state index contributed by atoms with van der Waals surface area (Å²) in [7, 11) is 0. The molecule has 28 heavy (non-hydrogen) atoms. The quantitative estimate of drug-likeness (QED) is 0.325. The molecule has 2 aromatic rings. The molecule has 1 atom stereocenters. The van der Waals surface area contributed by atoms with Gasteiger partial charge in [0, 0.05) is 23.8 Å². The second-order valence-corrected chi connectivity index (χ2v) is 7.50. The van der Waals surface area contributed by atoms with Gasteiger partial charge in [-0.2, -0.15) is 0 Å². The Hall–Kier alpha value is -2.98. The lowest BCUT2D eigenvalue weighted by Crippen LogP contribution is -2.43. The van der Waals surface area contributed by atoms with Crippen molar-refractivity contribution in [2.45, 2.75) is 19.4 Å². The molecule has 1 N–H and O–H groups in total.